The molecule has 0 bridgehead atoms. The van der Waals surface area contributed by atoms with Gasteiger partial charge in [-0.3, -0.25) is 13.8 Å². The molecule has 0 aliphatic carbocycles. The minimum absolute atomic E-state index is 0.0340. The zero-order chi connectivity index (χ0) is 19.8. The van der Waals surface area contributed by atoms with Gasteiger partial charge in [0.15, 0.2) is 11.0 Å². The molecular weight excluding hydrogens is 376 g/mol. The number of benzene rings is 1. The Balaban J connectivity index is 1.86. The summed E-state index contributed by atoms with van der Waals surface area (Å²) in [6, 6.07) is 7.57. The highest BCUT2D eigenvalue weighted by molar-refractivity contribution is 7.99. The predicted octanol–water partition coefficient (Wildman–Crippen LogP) is 3.64. The maximum Gasteiger partial charge on any atom is 0.262 e. The van der Waals surface area contributed by atoms with E-state index < -0.39 is 0 Å². The van der Waals surface area contributed by atoms with Crippen molar-refractivity contribution >= 4 is 28.4 Å². The summed E-state index contributed by atoms with van der Waals surface area (Å²) in [5.74, 6) is 2.18. The minimum Gasteiger partial charge on any atom is -0.338 e. The molecule has 0 N–H and O–H groups in total. The van der Waals surface area contributed by atoms with Gasteiger partial charge in [-0.25, -0.2) is 0 Å². The third kappa shape index (κ3) is 3.30. The van der Waals surface area contributed by atoms with E-state index in [1.165, 1.54) is 11.8 Å². The van der Waals surface area contributed by atoms with E-state index in [-0.39, 0.29) is 10.8 Å². The van der Waals surface area contributed by atoms with Crippen LogP contribution in [0.3, 0.4) is 0 Å². The van der Waals surface area contributed by atoms with Crippen LogP contribution >= 0.6 is 11.8 Å². The molecule has 0 amide bonds. The predicted molar refractivity (Wildman–Crippen MR) is 108 cm³/mol. The van der Waals surface area contributed by atoms with Gasteiger partial charge in [0, 0.05) is 6.54 Å². The molecule has 146 valence electrons. The second kappa shape index (κ2) is 7.38. The van der Waals surface area contributed by atoms with Crippen molar-refractivity contribution in [3.05, 3.63) is 46.3 Å². The van der Waals surface area contributed by atoms with Gasteiger partial charge in [-0.2, -0.15) is 4.98 Å². The van der Waals surface area contributed by atoms with Crippen molar-refractivity contribution in [2.45, 2.75) is 51.1 Å². The van der Waals surface area contributed by atoms with Crippen molar-refractivity contribution in [2.75, 3.05) is 0 Å². The van der Waals surface area contributed by atoms with Crippen LogP contribution in [0.25, 0.3) is 16.7 Å². The van der Waals surface area contributed by atoms with E-state index in [2.05, 4.69) is 34.2 Å². The minimum atomic E-state index is -0.0941. The molecule has 9 heteroatoms. The smallest absolute Gasteiger partial charge is 0.262 e. The van der Waals surface area contributed by atoms with Crippen LogP contribution in [0.4, 0.5) is 0 Å². The molecule has 4 aromatic rings. The average molecular weight is 398 g/mol. The van der Waals surface area contributed by atoms with E-state index in [0.717, 1.165) is 11.9 Å². The number of para-hydroxylation sites is 1. The van der Waals surface area contributed by atoms with Gasteiger partial charge >= 0.3 is 0 Å². The summed E-state index contributed by atoms with van der Waals surface area (Å²) in [6.07, 6.45) is 0.890. The van der Waals surface area contributed by atoms with Crippen LogP contribution in [-0.4, -0.2) is 29.3 Å². The third-order valence-electron chi connectivity index (χ3n) is 4.58. The van der Waals surface area contributed by atoms with E-state index in [9.17, 15) is 4.79 Å². The quantitative estimate of drug-likeness (QED) is 0.458. The Morgan fingerprint density at radius 3 is 2.68 bits per heavy atom. The first-order valence-electron chi connectivity index (χ1n) is 9.29. The number of nitrogens with zero attached hydrogens (tertiary/aromatic N) is 6. The molecule has 1 atom stereocenters. The lowest BCUT2D eigenvalue weighted by Crippen LogP contribution is -2.24. The largest absolute Gasteiger partial charge is 0.338 e. The highest BCUT2D eigenvalue weighted by atomic mass is 32.2. The number of thioether (sulfide) groups is 1. The lowest BCUT2D eigenvalue weighted by molar-refractivity contribution is 0.376. The molecule has 0 radical (unpaired) electrons. The number of hydrogen-bond acceptors (Lipinski definition) is 7. The van der Waals surface area contributed by atoms with Crippen LogP contribution in [0.15, 0.2) is 38.7 Å². The molecule has 0 aliphatic rings. The molecule has 0 saturated heterocycles. The summed E-state index contributed by atoms with van der Waals surface area (Å²) in [5, 5.41) is 13.8. The first-order chi connectivity index (χ1) is 13.5. The van der Waals surface area contributed by atoms with Gasteiger partial charge in [0.25, 0.3) is 5.56 Å². The van der Waals surface area contributed by atoms with E-state index in [1.807, 2.05) is 35.6 Å². The summed E-state index contributed by atoms with van der Waals surface area (Å²) >= 11 is 1.48. The van der Waals surface area contributed by atoms with Crippen LogP contribution in [0, 0.1) is 12.8 Å². The van der Waals surface area contributed by atoms with Gasteiger partial charge in [0.1, 0.15) is 0 Å². The van der Waals surface area contributed by atoms with Crippen molar-refractivity contribution in [1.82, 2.24) is 29.3 Å². The topological polar surface area (TPSA) is 91.1 Å². The fraction of sp³-hybridized carbons (Fsp3) is 0.421. The standard InChI is InChI=1S/C19H22N6O2S/c1-11(2)9-10-24-17(26)14-7-5-6-8-15(14)25-18(24)21-22-19(25)28-12(3)16-20-13(4)23-27-16/h5-8,11-12H,9-10H2,1-4H3. The second-order valence-corrected chi connectivity index (χ2v) is 8.52. The molecule has 3 heterocycles. The Kier molecular flexibility index (Phi) is 4.92. The summed E-state index contributed by atoms with van der Waals surface area (Å²) in [4.78, 5) is 17.4. The number of aromatic nitrogens is 6. The Morgan fingerprint density at radius 1 is 1.18 bits per heavy atom. The van der Waals surface area contributed by atoms with Gasteiger partial charge in [-0.1, -0.05) is 42.9 Å². The van der Waals surface area contributed by atoms with Crippen molar-refractivity contribution in [3.8, 4) is 0 Å². The maximum absolute atomic E-state index is 13.1. The van der Waals surface area contributed by atoms with Crippen LogP contribution < -0.4 is 5.56 Å². The van der Waals surface area contributed by atoms with Crippen LogP contribution in [-0.2, 0) is 6.54 Å². The fourth-order valence-corrected chi connectivity index (χ4v) is 3.97. The Morgan fingerprint density at radius 2 is 1.96 bits per heavy atom. The van der Waals surface area contributed by atoms with E-state index in [4.69, 9.17) is 4.52 Å². The molecule has 8 nitrogen and oxygen atoms in total. The molecular formula is C19H22N6O2S. The number of rotatable bonds is 6. The van der Waals surface area contributed by atoms with Crippen molar-refractivity contribution in [3.63, 3.8) is 0 Å². The van der Waals surface area contributed by atoms with Crippen molar-refractivity contribution in [1.29, 1.82) is 0 Å². The van der Waals surface area contributed by atoms with Crippen LogP contribution in [0.5, 0.6) is 0 Å². The lowest BCUT2D eigenvalue weighted by Gasteiger charge is -2.12. The van der Waals surface area contributed by atoms with Gasteiger partial charge in [0.2, 0.25) is 11.7 Å². The summed E-state index contributed by atoms with van der Waals surface area (Å²) < 4.78 is 8.96. The Labute approximate surface area is 166 Å². The average Bonchev–Trinajstić information content (AvgIpc) is 3.28. The van der Waals surface area contributed by atoms with E-state index in [0.29, 0.717) is 40.5 Å². The normalized spacial score (nSPS) is 13.0. The van der Waals surface area contributed by atoms with Crippen molar-refractivity contribution < 1.29 is 4.52 Å². The lowest BCUT2D eigenvalue weighted by atomic mass is 10.1. The molecule has 0 aliphatic heterocycles. The number of hydrogen-bond donors (Lipinski definition) is 0. The van der Waals surface area contributed by atoms with Gasteiger partial charge in [0.05, 0.1) is 16.2 Å². The molecule has 0 fully saturated rings. The molecule has 1 unspecified atom stereocenters. The van der Waals surface area contributed by atoms with Gasteiger partial charge < -0.3 is 4.52 Å². The second-order valence-electron chi connectivity index (χ2n) is 7.21. The molecule has 0 saturated carbocycles. The van der Waals surface area contributed by atoms with Crippen LogP contribution in [0.2, 0.25) is 0 Å². The van der Waals surface area contributed by atoms with E-state index in [1.54, 1.807) is 11.5 Å². The monoisotopic (exact) mass is 398 g/mol. The maximum atomic E-state index is 13.1. The van der Waals surface area contributed by atoms with Crippen LogP contribution in [0.1, 0.15) is 44.2 Å². The zero-order valence-electron chi connectivity index (χ0n) is 16.3. The SMILES string of the molecule is Cc1noc(C(C)Sc2nnc3n(CCC(C)C)c(=O)c4ccccc4n23)n1. The summed E-state index contributed by atoms with van der Waals surface area (Å²) in [6.45, 7) is 8.66. The third-order valence-corrected chi connectivity index (χ3v) is 5.61. The molecule has 0 spiro atoms. The van der Waals surface area contributed by atoms with Gasteiger partial charge in [-0.15, -0.1) is 10.2 Å². The molecule has 1 aromatic carbocycles. The molecule has 28 heavy (non-hydrogen) atoms. The summed E-state index contributed by atoms with van der Waals surface area (Å²) in [5.41, 5.74) is 0.762. The van der Waals surface area contributed by atoms with Gasteiger partial charge in [-0.05, 0) is 38.3 Å². The first kappa shape index (κ1) is 18.7. The zero-order valence-corrected chi connectivity index (χ0v) is 17.1. The highest BCUT2D eigenvalue weighted by Crippen LogP contribution is 2.33. The fourth-order valence-electron chi connectivity index (χ4n) is 3.09. The van der Waals surface area contributed by atoms with E-state index >= 15 is 0 Å². The number of fused-ring (bicyclic) bond motifs is 3. The summed E-state index contributed by atoms with van der Waals surface area (Å²) in [7, 11) is 0. The molecule has 4 rings (SSSR count). The molecule has 3 aromatic heterocycles. The first-order valence-corrected chi connectivity index (χ1v) is 10.2. The highest BCUT2D eigenvalue weighted by Gasteiger charge is 2.21. The number of aryl methyl sites for hydroxylation is 2. The van der Waals surface area contributed by atoms with Crippen molar-refractivity contribution in [2.24, 2.45) is 5.92 Å². The Hall–Kier alpha value is -2.68. The Bertz CT molecular complexity index is 1190.